The zero-order valence-electron chi connectivity index (χ0n) is 16.5. The van der Waals surface area contributed by atoms with Crippen LogP contribution >= 0.6 is 0 Å². The summed E-state index contributed by atoms with van der Waals surface area (Å²) in [5.41, 5.74) is 1.73. The molecule has 5 nitrogen and oxygen atoms in total. The van der Waals surface area contributed by atoms with Crippen molar-refractivity contribution in [1.29, 1.82) is 0 Å². The van der Waals surface area contributed by atoms with Gasteiger partial charge in [-0.1, -0.05) is 30.7 Å². The third kappa shape index (κ3) is 5.73. The van der Waals surface area contributed by atoms with Crippen LogP contribution in [0.15, 0.2) is 48.5 Å². The molecule has 1 fully saturated rings. The van der Waals surface area contributed by atoms with Crippen LogP contribution in [0.4, 0.5) is 0 Å². The van der Waals surface area contributed by atoms with Crippen LogP contribution in [-0.2, 0) is 11.2 Å². The van der Waals surface area contributed by atoms with E-state index in [1.54, 1.807) is 19.2 Å². The monoisotopic (exact) mass is 383 g/mol. The van der Waals surface area contributed by atoms with Crippen molar-refractivity contribution >= 4 is 5.97 Å². The van der Waals surface area contributed by atoms with Crippen LogP contribution in [0.25, 0.3) is 0 Å². The molecule has 0 amide bonds. The van der Waals surface area contributed by atoms with Gasteiger partial charge in [-0.05, 0) is 67.7 Å². The minimum absolute atomic E-state index is 0.422. The molecule has 1 heterocycles. The Hall–Kier alpha value is -2.53. The number of hydrogen-bond acceptors (Lipinski definition) is 4. The zero-order chi connectivity index (χ0) is 19.8. The second-order valence-electron chi connectivity index (χ2n) is 7.27. The lowest BCUT2D eigenvalue weighted by Crippen LogP contribution is -2.33. The standard InChI is InChI=1S/C23H29NO4/c1-27-20-10-8-19(9-11-20)22(23(25)26)17-18-6-5-7-21(16-18)28-15-14-24-12-3-2-4-13-24/h5-11,16,22H,2-4,12-15,17H2,1H3,(H,25,26). The van der Waals surface area contributed by atoms with Crippen molar-refractivity contribution in [2.75, 3.05) is 33.4 Å². The summed E-state index contributed by atoms with van der Waals surface area (Å²) in [6, 6.07) is 15.0. The largest absolute Gasteiger partial charge is 0.497 e. The molecule has 28 heavy (non-hydrogen) atoms. The highest BCUT2D eigenvalue weighted by Gasteiger charge is 2.20. The van der Waals surface area contributed by atoms with Crippen molar-refractivity contribution in [2.24, 2.45) is 0 Å². The van der Waals surface area contributed by atoms with Crippen LogP contribution in [0.3, 0.4) is 0 Å². The Balaban J connectivity index is 1.60. The summed E-state index contributed by atoms with van der Waals surface area (Å²) in [6.45, 7) is 3.91. The van der Waals surface area contributed by atoms with Crippen molar-refractivity contribution in [2.45, 2.75) is 31.6 Å². The average Bonchev–Trinajstić information content (AvgIpc) is 2.73. The third-order valence-corrected chi connectivity index (χ3v) is 5.28. The Morgan fingerprint density at radius 1 is 1.07 bits per heavy atom. The number of ether oxygens (including phenoxy) is 2. The van der Waals surface area contributed by atoms with Crippen molar-refractivity contribution in [1.82, 2.24) is 4.90 Å². The molecule has 1 aliphatic heterocycles. The molecule has 3 rings (SSSR count). The van der Waals surface area contributed by atoms with Gasteiger partial charge in [0.05, 0.1) is 13.0 Å². The summed E-state index contributed by atoms with van der Waals surface area (Å²) in [4.78, 5) is 14.3. The summed E-state index contributed by atoms with van der Waals surface area (Å²) in [6.07, 6.45) is 4.30. The number of carboxylic acid groups (broad SMARTS) is 1. The van der Waals surface area contributed by atoms with Crippen LogP contribution in [0.1, 0.15) is 36.3 Å². The van der Waals surface area contributed by atoms with Gasteiger partial charge in [0, 0.05) is 6.54 Å². The van der Waals surface area contributed by atoms with Gasteiger partial charge in [0.1, 0.15) is 18.1 Å². The zero-order valence-corrected chi connectivity index (χ0v) is 16.5. The van der Waals surface area contributed by atoms with E-state index in [1.165, 1.54) is 19.3 Å². The third-order valence-electron chi connectivity index (χ3n) is 5.28. The topological polar surface area (TPSA) is 59.0 Å². The molecule has 0 bridgehead atoms. The first kappa shape index (κ1) is 20.2. The van der Waals surface area contributed by atoms with Crippen molar-refractivity contribution in [3.63, 3.8) is 0 Å². The average molecular weight is 383 g/mol. The Morgan fingerprint density at radius 2 is 1.82 bits per heavy atom. The molecule has 0 aromatic heterocycles. The van der Waals surface area contributed by atoms with Gasteiger partial charge in [0.15, 0.2) is 0 Å². The molecule has 5 heteroatoms. The maximum atomic E-state index is 11.8. The summed E-state index contributed by atoms with van der Waals surface area (Å²) < 4.78 is 11.1. The van der Waals surface area contributed by atoms with E-state index in [0.717, 1.165) is 42.3 Å². The summed E-state index contributed by atoms with van der Waals surface area (Å²) in [5, 5.41) is 9.70. The van der Waals surface area contributed by atoms with Gasteiger partial charge in [0.2, 0.25) is 0 Å². The minimum atomic E-state index is -0.832. The van der Waals surface area contributed by atoms with Crippen LogP contribution in [0, 0.1) is 0 Å². The van der Waals surface area contributed by atoms with Crippen LogP contribution < -0.4 is 9.47 Å². The van der Waals surface area contributed by atoms with E-state index in [9.17, 15) is 9.90 Å². The maximum absolute atomic E-state index is 11.8. The molecule has 150 valence electrons. The molecule has 1 N–H and O–H groups in total. The molecule has 1 atom stereocenters. The lowest BCUT2D eigenvalue weighted by Gasteiger charge is -2.26. The Morgan fingerprint density at radius 3 is 2.50 bits per heavy atom. The van der Waals surface area contributed by atoms with Gasteiger partial charge >= 0.3 is 5.97 Å². The van der Waals surface area contributed by atoms with Gasteiger partial charge in [0.25, 0.3) is 0 Å². The Kier molecular flexibility index (Phi) is 7.31. The number of benzene rings is 2. The number of hydrogen-bond donors (Lipinski definition) is 1. The van der Waals surface area contributed by atoms with E-state index >= 15 is 0 Å². The van der Waals surface area contributed by atoms with Crippen LogP contribution in [0.2, 0.25) is 0 Å². The first-order chi connectivity index (χ1) is 13.7. The maximum Gasteiger partial charge on any atom is 0.311 e. The summed E-state index contributed by atoms with van der Waals surface area (Å²) in [5.74, 6) is 0.0847. The minimum Gasteiger partial charge on any atom is -0.497 e. The number of rotatable bonds is 9. The van der Waals surface area contributed by atoms with Gasteiger partial charge in [-0.25, -0.2) is 0 Å². The SMILES string of the molecule is COc1ccc(C(Cc2cccc(OCCN3CCCCC3)c2)C(=O)O)cc1. The van der Waals surface area contributed by atoms with Gasteiger partial charge in [-0.2, -0.15) is 0 Å². The molecule has 2 aromatic carbocycles. The number of piperidine rings is 1. The van der Waals surface area contributed by atoms with Gasteiger partial charge in [-0.3, -0.25) is 9.69 Å². The lowest BCUT2D eigenvalue weighted by atomic mass is 9.92. The highest BCUT2D eigenvalue weighted by atomic mass is 16.5. The van der Waals surface area contributed by atoms with E-state index in [2.05, 4.69) is 4.90 Å². The van der Waals surface area contributed by atoms with Gasteiger partial charge < -0.3 is 14.6 Å². The van der Waals surface area contributed by atoms with E-state index in [4.69, 9.17) is 9.47 Å². The summed E-state index contributed by atoms with van der Waals surface area (Å²) in [7, 11) is 1.60. The smallest absolute Gasteiger partial charge is 0.311 e. The highest BCUT2D eigenvalue weighted by molar-refractivity contribution is 5.76. The van der Waals surface area contributed by atoms with Gasteiger partial charge in [-0.15, -0.1) is 0 Å². The van der Waals surface area contributed by atoms with Crippen LogP contribution in [-0.4, -0.2) is 49.3 Å². The second kappa shape index (κ2) is 10.1. The highest BCUT2D eigenvalue weighted by Crippen LogP contribution is 2.25. The quantitative estimate of drug-likeness (QED) is 0.710. The molecular formula is C23H29NO4. The number of carboxylic acids is 1. The first-order valence-corrected chi connectivity index (χ1v) is 9.96. The second-order valence-corrected chi connectivity index (χ2v) is 7.27. The van der Waals surface area contributed by atoms with Crippen LogP contribution in [0.5, 0.6) is 11.5 Å². The Bertz CT molecular complexity index is 753. The molecule has 2 aromatic rings. The van der Waals surface area contributed by atoms with E-state index in [0.29, 0.717) is 13.0 Å². The molecule has 0 aliphatic carbocycles. The molecular weight excluding hydrogens is 354 g/mol. The molecule has 0 spiro atoms. The van der Waals surface area contributed by atoms with E-state index in [-0.39, 0.29) is 0 Å². The molecule has 1 unspecified atom stereocenters. The van der Waals surface area contributed by atoms with E-state index < -0.39 is 11.9 Å². The fourth-order valence-electron chi connectivity index (χ4n) is 3.66. The lowest BCUT2D eigenvalue weighted by molar-refractivity contribution is -0.138. The van der Waals surface area contributed by atoms with Crippen molar-refractivity contribution < 1.29 is 19.4 Å². The molecule has 0 radical (unpaired) electrons. The number of aliphatic carboxylic acids is 1. The molecule has 1 saturated heterocycles. The predicted molar refractivity (Wildman–Crippen MR) is 109 cm³/mol. The van der Waals surface area contributed by atoms with E-state index in [1.807, 2.05) is 36.4 Å². The van der Waals surface area contributed by atoms with Crippen molar-refractivity contribution in [3.05, 3.63) is 59.7 Å². The summed E-state index contributed by atoms with van der Waals surface area (Å²) >= 11 is 0. The first-order valence-electron chi connectivity index (χ1n) is 9.96. The number of methoxy groups -OCH3 is 1. The number of likely N-dealkylation sites (tertiary alicyclic amines) is 1. The Labute approximate surface area is 166 Å². The normalized spacial score (nSPS) is 15.8. The number of carbonyl (C=O) groups is 1. The fraction of sp³-hybridized carbons (Fsp3) is 0.435. The fourth-order valence-corrected chi connectivity index (χ4v) is 3.66. The van der Waals surface area contributed by atoms with Crippen molar-refractivity contribution in [3.8, 4) is 11.5 Å². The number of nitrogens with zero attached hydrogens (tertiary/aromatic N) is 1. The predicted octanol–water partition coefficient (Wildman–Crippen LogP) is 3.97. The molecule has 0 saturated carbocycles. The molecule has 1 aliphatic rings.